The zero-order valence-electron chi connectivity index (χ0n) is 10.8. The van der Waals surface area contributed by atoms with Crippen LogP contribution in [-0.4, -0.2) is 29.8 Å². The highest BCUT2D eigenvalue weighted by Crippen LogP contribution is 2.38. The number of hydrogen-bond donors (Lipinski definition) is 1. The van der Waals surface area contributed by atoms with E-state index in [4.69, 9.17) is 5.11 Å². The zero-order chi connectivity index (χ0) is 14.8. The number of hydrogen-bond acceptors (Lipinski definition) is 3. The van der Waals surface area contributed by atoms with E-state index in [1.54, 1.807) is 4.90 Å². The first-order chi connectivity index (χ1) is 9.41. The summed E-state index contributed by atoms with van der Waals surface area (Å²) in [4.78, 5) is 5.64. The van der Waals surface area contributed by atoms with Crippen LogP contribution in [0, 0.1) is 5.92 Å². The van der Waals surface area contributed by atoms with Gasteiger partial charge in [-0.1, -0.05) is 0 Å². The topological polar surface area (TPSA) is 36.4 Å². The van der Waals surface area contributed by atoms with E-state index in [1.807, 2.05) is 0 Å². The second kappa shape index (κ2) is 6.30. The first-order valence-electron chi connectivity index (χ1n) is 6.50. The van der Waals surface area contributed by atoms with Crippen molar-refractivity contribution in [2.24, 2.45) is 5.92 Å². The van der Waals surface area contributed by atoms with Crippen molar-refractivity contribution in [1.82, 2.24) is 4.98 Å². The predicted octanol–water partition coefficient (Wildman–Crippen LogP) is 3.46. The smallest absolute Gasteiger partial charge is 0.396 e. The molecule has 0 bridgehead atoms. The van der Waals surface area contributed by atoms with Gasteiger partial charge in [-0.2, -0.15) is 13.2 Å². The molecule has 0 amide bonds. The van der Waals surface area contributed by atoms with Crippen molar-refractivity contribution >= 4 is 21.7 Å². The normalized spacial score (nSPS) is 20.2. The maximum atomic E-state index is 13.1. The van der Waals surface area contributed by atoms with Crippen LogP contribution in [0.4, 0.5) is 19.0 Å². The highest BCUT2D eigenvalue weighted by atomic mass is 79.9. The summed E-state index contributed by atoms with van der Waals surface area (Å²) >= 11 is 3.04. The van der Waals surface area contributed by atoms with Gasteiger partial charge in [0.05, 0.1) is 5.56 Å². The van der Waals surface area contributed by atoms with Gasteiger partial charge in [-0.25, -0.2) is 4.98 Å². The molecule has 0 radical (unpaired) electrons. The first kappa shape index (κ1) is 15.6. The number of aromatic nitrogens is 1. The summed E-state index contributed by atoms with van der Waals surface area (Å²) in [6.07, 6.45) is -0.653. The Morgan fingerprint density at radius 2 is 2.20 bits per heavy atom. The zero-order valence-corrected chi connectivity index (χ0v) is 12.4. The van der Waals surface area contributed by atoms with Gasteiger partial charge >= 0.3 is 6.18 Å². The fourth-order valence-corrected chi connectivity index (χ4v) is 2.90. The lowest BCUT2D eigenvalue weighted by atomic mass is 9.95. The third-order valence-corrected chi connectivity index (χ3v) is 3.93. The van der Waals surface area contributed by atoms with Crippen molar-refractivity contribution in [3.05, 3.63) is 22.3 Å². The molecule has 2 heterocycles. The molecule has 1 aliphatic heterocycles. The second-order valence-electron chi connectivity index (χ2n) is 4.99. The molecule has 1 unspecified atom stereocenters. The van der Waals surface area contributed by atoms with E-state index in [-0.39, 0.29) is 18.3 Å². The Morgan fingerprint density at radius 3 is 2.85 bits per heavy atom. The molecule has 20 heavy (non-hydrogen) atoms. The van der Waals surface area contributed by atoms with E-state index in [1.165, 1.54) is 6.20 Å². The van der Waals surface area contributed by atoms with Crippen LogP contribution in [0.1, 0.15) is 24.8 Å². The number of anilines is 1. The Hall–Kier alpha value is -0.820. The maximum absolute atomic E-state index is 13.1. The number of rotatable bonds is 3. The Labute approximate surface area is 123 Å². The Morgan fingerprint density at radius 1 is 1.45 bits per heavy atom. The first-order valence-corrected chi connectivity index (χ1v) is 7.29. The summed E-state index contributed by atoms with van der Waals surface area (Å²) in [5, 5.41) is 8.98. The Bertz CT molecular complexity index is 465. The molecule has 112 valence electrons. The minimum absolute atomic E-state index is 0.0108. The summed E-state index contributed by atoms with van der Waals surface area (Å²) < 4.78 is 39.6. The molecule has 1 N–H and O–H groups in total. The number of halogens is 4. The van der Waals surface area contributed by atoms with Crippen LogP contribution in [0.15, 0.2) is 16.7 Å². The molecule has 1 aliphatic rings. The van der Waals surface area contributed by atoms with E-state index in [9.17, 15) is 13.2 Å². The molecular formula is C13H16BrF3N2O. The van der Waals surface area contributed by atoms with Gasteiger partial charge in [0, 0.05) is 30.4 Å². The van der Waals surface area contributed by atoms with Crippen LogP contribution in [-0.2, 0) is 6.18 Å². The van der Waals surface area contributed by atoms with Crippen molar-refractivity contribution < 1.29 is 18.3 Å². The lowest BCUT2D eigenvalue weighted by Crippen LogP contribution is -2.37. The fraction of sp³-hybridized carbons (Fsp3) is 0.615. The SMILES string of the molecule is OCCC1CCCN(c2ncc(Br)cc2C(F)(F)F)C1. The van der Waals surface area contributed by atoms with Gasteiger partial charge in [-0.15, -0.1) is 0 Å². The summed E-state index contributed by atoms with van der Waals surface area (Å²) in [5.41, 5.74) is -0.712. The average molecular weight is 353 g/mol. The standard InChI is InChI=1S/C13H16BrF3N2O/c14-10-6-11(13(15,16)17)12(18-7-10)19-4-1-2-9(8-19)3-5-20/h6-7,9,20H,1-5,8H2. The molecule has 1 saturated heterocycles. The van der Waals surface area contributed by atoms with E-state index in [0.717, 1.165) is 18.9 Å². The number of piperidine rings is 1. The number of alkyl halides is 3. The van der Waals surface area contributed by atoms with Crippen molar-refractivity contribution in [2.45, 2.75) is 25.4 Å². The summed E-state index contributed by atoms with van der Waals surface area (Å²) in [6, 6.07) is 1.07. The number of aliphatic hydroxyl groups is 1. The number of aliphatic hydroxyl groups excluding tert-OH is 1. The molecule has 7 heteroatoms. The van der Waals surface area contributed by atoms with Crippen molar-refractivity contribution in [3.8, 4) is 0 Å². The molecule has 1 fully saturated rings. The van der Waals surface area contributed by atoms with E-state index >= 15 is 0 Å². The highest BCUT2D eigenvalue weighted by molar-refractivity contribution is 9.10. The fourth-order valence-electron chi connectivity index (χ4n) is 2.57. The molecular weight excluding hydrogens is 337 g/mol. The van der Waals surface area contributed by atoms with Crippen molar-refractivity contribution in [3.63, 3.8) is 0 Å². The van der Waals surface area contributed by atoms with Crippen LogP contribution in [0.5, 0.6) is 0 Å². The third kappa shape index (κ3) is 3.63. The summed E-state index contributed by atoms with van der Waals surface area (Å²) in [5.74, 6) is 0.212. The van der Waals surface area contributed by atoms with Crippen molar-refractivity contribution in [1.29, 1.82) is 0 Å². The molecule has 1 aromatic rings. The average Bonchev–Trinajstić information content (AvgIpc) is 2.38. The monoisotopic (exact) mass is 352 g/mol. The second-order valence-corrected chi connectivity index (χ2v) is 5.90. The van der Waals surface area contributed by atoms with Gasteiger partial charge < -0.3 is 10.0 Å². The molecule has 0 spiro atoms. The van der Waals surface area contributed by atoms with E-state index in [2.05, 4.69) is 20.9 Å². The van der Waals surface area contributed by atoms with E-state index < -0.39 is 11.7 Å². The van der Waals surface area contributed by atoms with Crippen LogP contribution < -0.4 is 4.90 Å². The van der Waals surface area contributed by atoms with Crippen LogP contribution in [0.3, 0.4) is 0 Å². The summed E-state index contributed by atoms with van der Waals surface area (Å²) in [7, 11) is 0. The molecule has 3 nitrogen and oxygen atoms in total. The van der Waals surface area contributed by atoms with E-state index in [0.29, 0.717) is 24.0 Å². The third-order valence-electron chi connectivity index (χ3n) is 3.49. The lowest BCUT2D eigenvalue weighted by Gasteiger charge is -2.34. The molecule has 0 aromatic carbocycles. The lowest BCUT2D eigenvalue weighted by molar-refractivity contribution is -0.137. The highest BCUT2D eigenvalue weighted by Gasteiger charge is 2.37. The predicted molar refractivity (Wildman–Crippen MR) is 73.6 cm³/mol. The van der Waals surface area contributed by atoms with Gasteiger partial charge in [0.25, 0.3) is 0 Å². The minimum Gasteiger partial charge on any atom is -0.396 e. The summed E-state index contributed by atoms with van der Waals surface area (Å²) in [6.45, 7) is 1.15. The minimum atomic E-state index is -4.42. The quantitative estimate of drug-likeness (QED) is 0.904. The Balaban J connectivity index is 2.27. The molecule has 1 atom stereocenters. The molecule has 0 aliphatic carbocycles. The van der Waals surface area contributed by atoms with Gasteiger partial charge in [0.1, 0.15) is 5.82 Å². The van der Waals surface area contributed by atoms with Gasteiger partial charge in [0.2, 0.25) is 0 Å². The maximum Gasteiger partial charge on any atom is 0.419 e. The largest absolute Gasteiger partial charge is 0.419 e. The number of pyridine rings is 1. The van der Waals surface area contributed by atoms with Crippen molar-refractivity contribution in [2.75, 3.05) is 24.6 Å². The van der Waals surface area contributed by atoms with Crippen LogP contribution >= 0.6 is 15.9 Å². The molecule has 0 saturated carbocycles. The molecule has 1 aromatic heterocycles. The number of nitrogens with zero attached hydrogens (tertiary/aromatic N) is 2. The van der Waals surface area contributed by atoms with Gasteiger partial charge in [0.15, 0.2) is 0 Å². The van der Waals surface area contributed by atoms with Crippen LogP contribution in [0.2, 0.25) is 0 Å². The van der Waals surface area contributed by atoms with Gasteiger partial charge in [-0.05, 0) is 47.2 Å². The molecule has 2 rings (SSSR count). The van der Waals surface area contributed by atoms with Crippen LogP contribution in [0.25, 0.3) is 0 Å². The van der Waals surface area contributed by atoms with Gasteiger partial charge in [-0.3, -0.25) is 0 Å². The Kier molecular flexibility index (Phi) is 4.90.